The van der Waals surface area contributed by atoms with E-state index in [-0.39, 0.29) is 24.4 Å². The molecule has 0 aliphatic carbocycles. The number of rotatable bonds is 5. The summed E-state index contributed by atoms with van der Waals surface area (Å²) in [5, 5.41) is 8.87. The van der Waals surface area contributed by atoms with Crippen LogP contribution in [0.1, 0.15) is 25.5 Å². The molecule has 1 rings (SSSR count). The minimum absolute atomic E-state index is 0.0178. The van der Waals surface area contributed by atoms with Gasteiger partial charge in [0.1, 0.15) is 11.6 Å². The Labute approximate surface area is 95.0 Å². The van der Waals surface area contributed by atoms with Crippen LogP contribution < -0.4 is 10.5 Å². The van der Waals surface area contributed by atoms with Crippen molar-refractivity contribution in [2.75, 3.05) is 13.2 Å². The van der Waals surface area contributed by atoms with Gasteiger partial charge in [0, 0.05) is 30.2 Å². The number of aliphatic hydroxyl groups excluding tert-OH is 1. The van der Waals surface area contributed by atoms with E-state index in [4.69, 9.17) is 15.6 Å². The molecule has 90 valence electrons. The zero-order valence-corrected chi connectivity index (χ0v) is 9.61. The van der Waals surface area contributed by atoms with Crippen molar-refractivity contribution in [2.24, 2.45) is 11.7 Å². The number of hydrogen-bond donors (Lipinski definition) is 2. The first-order valence-electron chi connectivity index (χ1n) is 5.33. The quantitative estimate of drug-likeness (QED) is 0.807. The van der Waals surface area contributed by atoms with Crippen molar-refractivity contribution in [1.82, 2.24) is 0 Å². The number of benzene rings is 1. The fourth-order valence-electron chi connectivity index (χ4n) is 1.29. The van der Waals surface area contributed by atoms with Gasteiger partial charge in [0.15, 0.2) is 0 Å². The van der Waals surface area contributed by atoms with Crippen LogP contribution in [-0.2, 0) is 0 Å². The Morgan fingerprint density at radius 3 is 2.69 bits per heavy atom. The van der Waals surface area contributed by atoms with Gasteiger partial charge in [-0.05, 0) is 13.0 Å². The number of ether oxygens (including phenoxy) is 1. The molecule has 2 atom stereocenters. The minimum atomic E-state index is -0.351. The molecule has 0 saturated carbocycles. The summed E-state index contributed by atoms with van der Waals surface area (Å²) in [6, 6.07) is 4.10. The fraction of sp³-hybridized carbons (Fsp3) is 0.500. The third-order valence-electron chi connectivity index (χ3n) is 2.30. The molecule has 16 heavy (non-hydrogen) atoms. The predicted octanol–water partition coefficient (Wildman–Crippen LogP) is 1.85. The molecule has 0 fully saturated rings. The van der Waals surface area contributed by atoms with Crippen molar-refractivity contribution in [1.29, 1.82) is 0 Å². The topological polar surface area (TPSA) is 55.5 Å². The maximum atomic E-state index is 13.0. The minimum Gasteiger partial charge on any atom is -0.493 e. The summed E-state index contributed by atoms with van der Waals surface area (Å²) in [6.45, 7) is 4.06. The Kier molecular flexibility index (Phi) is 4.71. The van der Waals surface area contributed by atoms with E-state index < -0.39 is 0 Å². The normalized spacial score (nSPS) is 14.6. The van der Waals surface area contributed by atoms with E-state index in [0.717, 1.165) is 5.56 Å². The van der Waals surface area contributed by atoms with Gasteiger partial charge in [0.05, 0.1) is 6.61 Å². The third kappa shape index (κ3) is 3.47. The third-order valence-corrected chi connectivity index (χ3v) is 2.30. The Hall–Kier alpha value is -1.13. The zero-order chi connectivity index (χ0) is 12.1. The van der Waals surface area contributed by atoms with E-state index in [1.807, 2.05) is 13.8 Å². The highest BCUT2D eigenvalue weighted by Crippen LogP contribution is 2.25. The summed E-state index contributed by atoms with van der Waals surface area (Å²) in [6.07, 6.45) is 0. The lowest BCUT2D eigenvalue weighted by Crippen LogP contribution is -2.14. The molecule has 3 N–H and O–H groups in total. The van der Waals surface area contributed by atoms with Gasteiger partial charge in [-0.25, -0.2) is 4.39 Å². The van der Waals surface area contributed by atoms with Crippen LogP contribution in [-0.4, -0.2) is 18.3 Å². The zero-order valence-electron chi connectivity index (χ0n) is 9.61. The Morgan fingerprint density at radius 1 is 1.44 bits per heavy atom. The molecule has 0 spiro atoms. The Morgan fingerprint density at radius 2 is 2.12 bits per heavy atom. The van der Waals surface area contributed by atoms with E-state index >= 15 is 0 Å². The van der Waals surface area contributed by atoms with Crippen molar-refractivity contribution < 1.29 is 14.2 Å². The number of aliphatic hydroxyl groups is 1. The fourth-order valence-corrected chi connectivity index (χ4v) is 1.29. The number of halogens is 1. The van der Waals surface area contributed by atoms with Gasteiger partial charge >= 0.3 is 0 Å². The highest BCUT2D eigenvalue weighted by atomic mass is 19.1. The summed E-state index contributed by atoms with van der Waals surface area (Å²) < 4.78 is 18.5. The van der Waals surface area contributed by atoms with Crippen LogP contribution in [0.25, 0.3) is 0 Å². The van der Waals surface area contributed by atoms with Crippen LogP contribution in [0.15, 0.2) is 18.2 Å². The molecule has 0 bridgehead atoms. The first-order chi connectivity index (χ1) is 7.54. The highest BCUT2D eigenvalue weighted by Gasteiger charge is 2.10. The van der Waals surface area contributed by atoms with Gasteiger partial charge in [-0.3, -0.25) is 0 Å². The van der Waals surface area contributed by atoms with Crippen LogP contribution in [0.5, 0.6) is 5.75 Å². The van der Waals surface area contributed by atoms with Crippen molar-refractivity contribution >= 4 is 0 Å². The smallest absolute Gasteiger partial charge is 0.126 e. The van der Waals surface area contributed by atoms with Crippen molar-refractivity contribution in [3.8, 4) is 5.75 Å². The lowest BCUT2D eigenvalue weighted by atomic mass is 10.1. The molecule has 0 saturated heterocycles. The molecular weight excluding hydrogens is 209 g/mol. The van der Waals surface area contributed by atoms with E-state index in [0.29, 0.717) is 12.4 Å². The van der Waals surface area contributed by atoms with E-state index in [9.17, 15) is 4.39 Å². The second-order valence-corrected chi connectivity index (χ2v) is 4.07. The second kappa shape index (κ2) is 5.82. The van der Waals surface area contributed by atoms with Crippen LogP contribution in [0.2, 0.25) is 0 Å². The van der Waals surface area contributed by atoms with Gasteiger partial charge in [-0.2, -0.15) is 0 Å². The van der Waals surface area contributed by atoms with Gasteiger partial charge in [-0.1, -0.05) is 13.0 Å². The van der Waals surface area contributed by atoms with E-state index in [2.05, 4.69) is 0 Å². The van der Waals surface area contributed by atoms with Gasteiger partial charge in [0.25, 0.3) is 0 Å². The van der Waals surface area contributed by atoms with Crippen LogP contribution in [0, 0.1) is 11.7 Å². The van der Waals surface area contributed by atoms with Gasteiger partial charge in [0.2, 0.25) is 0 Å². The lowest BCUT2D eigenvalue weighted by Gasteiger charge is -2.16. The molecule has 0 radical (unpaired) electrons. The van der Waals surface area contributed by atoms with Crippen LogP contribution in [0.3, 0.4) is 0 Å². The molecular formula is C12H18FNO2. The average Bonchev–Trinajstić information content (AvgIpc) is 2.25. The highest BCUT2D eigenvalue weighted by molar-refractivity contribution is 5.36. The second-order valence-electron chi connectivity index (χ2n) is 4.07. The molecule has 0 aliphatic rings. The standard InChI is InChI=1S/C12H18FNO2/c1-8(6-15)7-16-12-5-10(13)3-4-11(12)9(2)14/h3-5,8-9,15H,6-7,14H2,1-2H3/t8?,9-/m0/s1. The van der Waals surface area contributed by atoms with Crippen molar-refractivity contribution in [3.05, 3.63) is 29.6 Å². The van der Waals surface area contributed by atoms with Gasteiger partial charge < -0.3 is 15.6 Å². The monoisotopic (exact) mass is 227 g/mol. The molecule has 0 aromatic heterocycles. The Balaban J connectivity index is 2.80. The van der Waals surface area contributed by atoms with Gasteiger partial charge in [-0.15, -0.1) is 0 Å². The summed E-state index contributed by atoms with van der Waals surface area (Å²) in [4.78, 5) is 0. The van der Waals surface area contributed by atoms with E-state index in [1.54, 1.807) is 6.07 Å². The molecule has 0 aliphatic heterocycles. The van der Waals surface area contributed by atoms with E-state index in [1.165, 1.54) is 12.1 Å². The maximum absolute atomic E-state index is 13.0. The summed E-state index contributed by atoms with van der Waals surface area (Å²) in [5.74, 6) is 0.121. The average molecular weight is 227 g/mol. The molecule has 1 aromatic rings. The number of hydrogen-bond acceptors (Lipinski definition) is 3. The van der Waals surface area contributed by atoms with Crippen LogP contribution >= 0.6 is 0 Å². The predicted molar refractivity (Wildman–Crippen MR) is 60.7 cm³/mol. The molecule has 3 nitrogen and oxygen atoms in total. The summed E-state index contributed by atoms with van der Waals surface area (Å²) in [5.41, 5.74) is 6.52. The molecule has 0 heterocycles. The number of nitrogens with two attached hydrogens (primary N) is 1. The summed E-state index contributed by atoms with van der Waals surface area (Å²) >= 11 is 0. The largest absolute Gasteiger partial charge is 0.493 e. The lowest BCUT2D eigenvalue weighted by molar-refractivity contribution is 0.173. The Bertz CT molecular complexity index is 342. The SMILES string of the molecule is CC(CO)COc1cc(F)ccc1[C@H](C)N. The first kappa shape index (κ1) is 12.9. The molecule has 1 aromatic carbocycles. The van der Waals surface area contributed by atoms with Crippen molar-refractivity contribution in [3.63, 3.8) is 0 Å². The van der Waals surface area contributed by atoms with Crippen molar-refractivity contribution in [2.45, 2.75) is 19.9 Å². The molecule has 4 heteroatoms. The maximum Gasteiger partial charge on any atom is 0.126 e. The summed E-state index contributed by atoms with van der Waals surface area (Å²) in [7, 11) is 0. The molecule has 1 unspecified atom stereocenters. The molecule has 0 amide bonds. The van der Waals surface area contributed by atoms with Crippen LogP contribution in [0.4, 0.5) is 4.39 Å². The first-order valence-corrected chi connectivity index (χ1v) is 5.33.